The Balaban J connectivity index is 2.28. The molecule has 5 nitrogen and oxygen atoms in total. The van der Waals surface area contributed by atoms with Crippen molar-refractivity contribution in [3.05, 3.63) is 57.6 Å². The largest absolute Gasteiger partial charge is 0.493 e. The van der Waals surface area contributed by atoms with Crippen LogP contribution in [0.25, 0.3) is 6.08 Å². The Kier molecular flexibility index (Phi) is 6.90. The molecule has 0 aromatic heterocycles. The standard InChI is InChI=1S/C19H16Cl2N2O3/c1-3-26-17-7-4-12(9-18(17)25-2)8-13(11-22)19(24)23-16-10-14(20)5-6-15(16)21/h4-10H,3H2,1-2H3,(H,23,24)/b13-8+. The second-order valence-electron chi connectivity index (χ2n) is 5.09. The molecule has 0 saturated carbocycles. The number of carbonyl (C=O) groups is 1. The van der Waals surface area contributed by atoms with E-state index in [4.69, 9.17) is 32.7 Å². The van der Waals surface area contributed by atoms with Gasteiger partial charge in [0.1, 0.15) is 11.6 Å². The third kappa shape index (κ3) is 4.92. The fourth-order valence-corrected chi connectivity index (χ4v) is 2.48. The van der Waals surface area contributed by atoms with Crippen molar-refractivity contribution >= 4 is 40.9 Å². The lowest BCUT2D eigenvalue weighted by Gasteiger charge is -2.10. The number of nitrogens with zero attached hydrogens (tertiary/aromatic N) is 1. The summed E-state index contributed by atoms with van der Waals surface area (Å²) in [7, 11) is 1.52. The minimum absolute atomic E-state index is 0.0905. The topological polar surface area (TPSA) is 71.3 Å². The van der Waals surface area contributed by atoms with E-state index in [-0.39, 0.29) is 5.57 Å². The molecule has 0 fully saturated rings. The molecule has 0 aliphatic carbocycles. The van der Waals surface area contributed by atoms with Crippen LogP contribution in [0.15, 0.2) is 42.0 Å². The van der Waals surface area contributed by atoms with Gasteiger partial charge < -0.3 is 14.8 Å². The molecule has 2 aromatic rings. The normalized spacial score (nSPS) is 10.8. The zero-order valence-electron chi connectivity index (χ0n) is 14.2. The van der Waals surface area contributed by atoms with Gasteiger partial charge in [0.25, 0.3) is 5.91 Å². The van der Waals surface area contributed by atoms with Crippen LogP contribution in [0.1, 0.15) is 12.5 Å². The summed E-state index contributed by atoms with van der Waals surface area (Å²) < 4.78 is 10.7. The number of amides is 1. The van der Waals surface area contributed by atoms with E-state index in [0.717, 1.165) is 0 Å². The SMILES string of the molecule is CCOc1ccc(/C=C(\C#N)C(=O)Nc2cc(Cl)ccc2Cl)cc1OC. The van der Waals surface area contributed by atoms with E-state index in [0.29, 0.717) is 39.4 Å². The molecule has 0 saturated heterocycles. The van der Waals surface area contributed by atoms with Gasteiger partial charge in [-0.05, 0) is 48.9 Å². The van der Waals surface area contributed by atoms with Crippen molar-refractivity contribution in [2.45, 2.75) is 6.92 Å². The highest BCUT2D eigenvalue weighted by atomic mass is 35.5. The maximum Gasteiger partial charge on any atom is 0.266 e. The number of halogens is 2. The predicted octanol–water partition coefficient (Wildman–Crippen LogP) is 4.95. The summed E-state index contributed by atoms with van der Waals surface area (Å²) in [5.41, 5.74) is 0.857. The second-order valence-corrected chi connectivity index (χ2v) is 5.94. The Labute approximate surface area is 161 Å². The van der Waals surface area contributed by atoms with Gasteiger partial charge in [0, 0.05) is 5.02 Å². The van der Waals surface area contributed by atoms with Crippen molar-refractivity contribution in [3.63, 3.8) is 0 Å². The van der Waals surface area contributed by atoms with Gasteiger partial charge in [-0.15, -0.1) is 0 Å². The molecule has 0 bridgehead atoms. The third-order valence-corrected chi connectivity index (χ3v) is 3.90. The average Bonchev–Trinajstić information content (AvgIpc) is 2.63. The molecule has 26 heavy (non-hydrogen) atoms. The Hall–Kier alpha value is -2.68. The highest BCUT2D eigenvalue weighted by Gasteiger charge is 2.13. The molecule has 2 rings (SSSR count). The second kappa shape index (κ2) is 9.14. The van der Waals surface area contributed by atoms with Crippen molar-refractivity contribution in [1.29, 1.82) is 5.26 Å². The molecule has 0 spiro atoms. The quantitative estimate of drug-likeness (QED) is 0.559. The van der Waals surface area contributed by atoms with Crippen LogP contribution in [-0.4, -0.2) is 19.6 Å². The van der Waals surface area contributed by atoms with Crippen molar-refractivity contribution in [3.8, 4) is 17.6 Å². The van der Waals surface area contributed by atoms with Gasteiger partial charge in [-0.3, -0.25) is 4.79 Å². The molecule has 0 heterocycles. The number of nitriles is 1. The number of hydrogen-bond donors (Lipinski definition) is 1. The molecule has 2 aromatic carbocycles. The molecule has 0 radical (unpaired) electrons. The van der Waals surface area contributed by atoms with Gasteiger partial charge in [-0.1, -0.05) is 29.3 Å². The van der Waals surface area contributed by atoms with Crippen molar-refractivity contribution in [2.75, 3.05) is 19.0 Å². The first-order chi connectivity index (χ1) is 12.5. The number of carbonyl (C=O) groups excluding carboxylic acids is 1. The number of nitrogens with one attached hydrogen (secondary N) is 1. The number of hydrogen-bond acceptors (Lipinski definition) is 4. The Morgan fingerprint density at radius 3 is 2.65 bits per heavy atom. The van der Waals surface area contributed by atoms with Crippen LogP contribution in [0.4, 0.5) is 5.69 Å². The number of rotatable bonds is 6. The van der Waals surface area contributed by atoms with Crippen LogP contribution in [0.2, 0.25) is 10.0 Å². The average molecular weight is 391 g/mol. The molecule has 134 valence electrons. The first-order valence-corrected chi connectivity index (χ1v) is 8.43. The van der Waals surface area contributed by atoms with E-state index in [9.17, 15) is 10.1 Å². The summed E-state index contributed by atoms with van der Waals surface area (Å²) in [5.74, 6) is 0.501. The summed E-state index contributed by atoms with van der Waals surface area (Å²) in [6.07, 6.45) is 1.45. The lowest BCUT2D eigenvalue weighted by atomic mass is 10.1. The smallest absolute Gasteiger partial charge is 0.266 e. The lowest BCUT2D eigenvalue weighted by Crippen LogP contribution is -2.13. The van der Waals surface area contributed by atoms with E-state index in [2.05, 4.69) is 5.32 Å². The van der Waals surface area contributed by atoms with Gasteiger partial charge in [-0.25, -0.2) is 0 Å². The third-order valence-electron chi connectivity index (χ3n) is 3.34. The Morgan fingerprint density at radius 2 is 2.00 bits per heavy atom. The van der Waals surface area contributed by atoms with Gasteiger partial charge in [0.2, 0.25) is 0 Å². The first kappa shape index (κ1) is 19.6. The summed E-state index contributed by atoms with van der Waals surface area (Å²) in [4.78, 5) is 12.4. The highest BCUT2D eigenvalue weighted by Crippen LogP contribution is 2.29. The van der Waals surface area contributed by atoms with Crippen LogP contribution >= 0.6 is 23.2 Å². The fraction of sp³-hybridized carbons (Fsp3) is 0.158. The first-order valence-electron chi connectivity index (χ1n) is 7.67. The van der Waals surface area contributed by atoms with Crippen LogP contribution in [-0.2, 0) is 4.79 Å². The number of anilines is 1. The van der Waals surface area contributed by atoms with Gasteiger partial charge in [-0.2, -0.15) is 5.26 Å². The van der Waals surface area contributed by atoms with Crippen LogP contribution in [0, 0.1) is 11.3 Å². The number of benzene rings is 2. The van der Waals surface area contributed by atoms with Gasteiger partial charge in [0.05, 0.1) is 24.4 Å². The number of ether oxygens (including phenoxy) is 2. The lowest BCUT2D eigenvalue weighted by molar-refractivity contribution is -0.112. The molecule has 0 atom stereocenters. The van der Waals surface area contributed by atoms with E-state index >= 15 is 0 Å². The Bertz CT molecular complexity index is 889. The van der Waals surface area contributed by atoms with Gasteiger partial charge >= 0.3 is 0 Å². The van der Waals surface area contributed by atoms with Crippen molar-refractivity contribution in [2.24, 2.45) is 0 Å². The molecule has 1 amide bonds. The molecular weight excluding hydrogens is 375 g/mol. The molecule has 0 unspecified atom stereocenters. The summed E-state index contributed by atoms with van der Waals surface area (Å²) >= 11 is 11.9. The highest BCUT2D eigenvalue weighted by molar-refractivity contribution is 6.36. The van der Waals surface area contributed by atoms with Crippen LogP contribution < -0.4 is 14.8 Å². The van der Waals surface area contributed by atoms with Crippen LogP contribution in [0.5, 0.6) is 11.5 Å². The van der Waals surface area contributed by atoms with Crippen molar-refractivity contribution < 1.29 is 14.3 Å². The molecule has 0 aliphatic heterocycles. The van der Waals surface area contributed by atoms with E-state index in [1.54, 1.807) is 30.3 Å². The summed E-state index contributed by atoms with van der Waals surface area (Å²) in [6, 6.07) is 11.7. The van der Waals surface area contributed by atoms with E-state index in [1.165, 1.54) is 19.3 Å². The minimum atomic E-state index is -0.593. The predicted molar refractivity (Wildman–Crippen MR) is 103 cm³/mol. The molecule has 1 N–H and O–H groups in total. The monoisotopic (exact) mass is 390 g/mol. The maximum absolute atomic E-state index is 12.4. The summed E-state index contributed by atoms with van der Waals surface area (Å²) in [5, 5.41) is 12.7. The molecular formula is C19H16Cl2N2O3. The minimum Gasteiger partial charge on any atom is -0.493 e. The Morgan fingerprint density at radius 1 is 1.23 bits per heavy atom. The molecule has 7 heteroatoms. The van der Waals surface area contributed by atoms with Crippen LogP contribution in [0.3, 0.4) is 0 Å². The fourth-order valence-electron chi connectivity index (χ4n) is 2.15. The zero-order chi connectivity index (χ0) is 19.1. The van der Waals surface area contributed by atoms with E-state index in [1.807, 2.05) is 13.0 Å². The van der Waals surface area contributed by atoms with Gasteiger partial charge in [0.15, 0.2) is 11.5 Å². The summed E-state index contributed by atoms with van der Waals surface area (Å²) in [6.45, 7) is 2.37. The van der Waals surface area contributed by atoms with E-state index < -0.39 is 5.91 Å². The van der Waals surface area contributed by atoms with Crippen molar-refractivity contribution in [1.82, 2.24) is 0 Å². The zero-order valence-corrected chi connectivity index (χ0v) is 15.7. The molecule has 0 aliphatic rings. The number of methoxy groups -OCH3 is 1. The maximum atomic E-state index is 12.4.